The number of ether oxygens (including phenoxy) is 2. The lowest BCUT2D eigenvalue weighted by molar-refractivity contribution is -0.0592. The minimum absolute atomic E-state index is 0.0296. The van der Waals surface area contributed by atoms with E-state index in [-0.39, 0.29) is 30.0 Å². The van der Waals surface area contributed by atoms with E-state index in [1.807, 2.05) is 22.8 Å². The zero-order valence-electron chi connectivity index (χ0n) is 21.7. The molecule has 0 radical (unpaired) electrons. The van der Waals surface area contributed by atoms with Gasteiger partial charge < -0.3 is 24.1 Å². The van der Waals surface area contributed by atoms with E-state index in [1.54, 1.807) is 18.2 Å². The topological polar surface area (TPSA) is 142 Å². The predicted octanol–water partition coefficient (Wildman–Crippen LogP) is 3.61. The van der Waals surface area contributed by atoms with Gasteiger partial charge in [-0.15, -0.1) is 0 Å². The van der Waals surface area contributed by atoms with Crippen LogP contribution >= 0.6 is 0 Å². The fourth-order valence-electron chi connectivity index (χ4n) is 5.19. The van der Waals surface area contributed by atoms with E-state index in [0.717, 1.165) is 50.5 Å². The van der Waals surface area contributed by atoms with Crippen molar-refractivity contribution in [1.29, 1.82) is 5.26 Å². The summed E-state index contributed by atoms with van der Waals surface area (Å²) in [5.41, 5.74) is 2.60. The largest absolute Gasteiger partial charge is 0.475 e. The molecule has 40 heavy (non-hydrogen) atoms. The van der Waals surface area contributed by atoms with Crippen LogP contribution in [0.1, 0.15) is 58.4 Å². The average molecular weight is 546 g/mol. The van der Waals surface area contributed by atoms with Gasteiger partial charge in [0.15, 0.2) is 11.3 Å². The number of carboxylic acid groups (broad SMARTS) is 1. The maximum Gasteiger partial charge on any atom is 0.372 e. The number of rotatable bonds is 9. The summed E-state index contributed by atoms with van der Waals surface area (Å²) in [5, 5.41) is 18.2. The molecule has 0 spiro atoms. The van der Waals surface area contributed by atoms with Crippen molar-refractivity contribution in [3.05, 3.63) is 70.7 Å². The van der Waals surface area contributed by atoms with Crippen molar-refractivity contribution in [3.63, 3.8) is 0 Å². The summed E-state index contributed by atoms with van der Waals surface area (Å²) >= 11 is 0. The molecule has 11 nitrogen and oxygen atoms in total. The molecule has 0 amide bonds. The van der Waals surface area contributed by atoms with Gasteiger partial charge in [-0.2, -0.15) is 5.26 Å². The Morgan fingerprint density at radius 1 is 1.20 bits per heavy atom. The number of halogens is 1. The third kappa shape index (κ3) is 5.38. The Morgan fingerprint density at radius 3 is 2.73 bits per heavy atom. The number of H-pyrrole nitrogens is 1. The number of benzene rings is 1. The maximum atomic E-state index is 14.2. The van der Waals surface area contributed by atoms with Gasteiger partial charge in [-0.1, -0.05) is 12.1 Å². The number of nitriles is 1. The minimum Gasteiger partial charge on any atom is -0.475 e. The monoisotopic (exact) mass is 545 g/mol. The first-order valence-corrected chi connectivity index (χ1v) is 13.3. The number of hydrogen-bond acceptors (Lipinski definition) is 8. The van der Waals surface area contributed by atoms with E-state index in [2.05, 4.69) is 24.8 Å². The number of carboxylic acids is 1. The molecular formula is C28H28FN7O4. The first kappa shape index (κ1) is 25.9. The molecule has 2 fully saturated rings. The molecule has 206 valence electrons. The third-order valence-corrected chi connectivity index (χ3v) is 7.53. The van der Waals surface area contributed by atoms with Crippen molar-refractivity contribution in [1.82, 2.24) is 29.4 Å². The molecule has 12 heteroatoms. The van der Waals surface area contributed by atoms with Crippen LogP contribution in [0.25, 0.3) is 11.3 Å². The van der Waals surface area contributed by atoms with Crippen molar-refractivity contribution < 1.29 is 23.8 Å². The molecule has 3 aromatic heterocycles. The summed E-state index contributed by atoms with van der Waals surface area (Å²) in [4.78, 5) is 30.2. The van der Waals surface area contributed by atoms with Gasteiger partial charge in [0.25, 0.3) is 0 Å². The number of fused-ring (bicyclic) bond motifs is 1. The second-order valence-electron chi connectivity index (χ2n) is 10.1. The van der Waals surface area contributed by atoms with Crippen LogP contribution in [0.4, 0.5) is 4.39 Å². The number of pyridine rings is 1. The molecule has 2 N–H and O–H groups in total. The van der Waals surface area contributed by atoms with E-state index in [9.17, 15) is 14.3 Å². The first-order valence-electron chi connectivity index (χ1n) is 13.3. The van der Waals surface area contributed by atoms with E-state index >= 15 is 0 Å². The quantitative estimate of drug-likeness (QED) is 0.322. The number of aromatic carboxylic acids is 1. The Hall–Kier alpha value is -4.34. The van der Waals surface area contributed by atoms with Crippen molar-refractivity contribution in [2.75, 3.05) is 19.7 Å². The predicted molar refractivity (Wildman–Crippen MR) is 140 cm³/mol. The Kier molecular flexibility index (Phi) is 7.15. The number of likely N-dealkylation sites (tertiary alicyclic amines) is 1. The number of hydrogen-bond donors (Lipinski definition) is 2. The van der Waals surface area contributed by atoms with Gasteiger partial charge in [0.2, 0.25) is 11.7 Å². The van der Waals surface area contributed by atoms with E-state index in [4.69, 9.17) is 14.7 Å². The van der Waals surface area contributed by atoms with Crippen LogP contribution < -0.4 is 4.74 Å². The Bertz CT molecular complexity index is 1580. The fourth-order valence-corrected chi connectivity index (χ4v) is 5.19. The van der Waals surface area contributed by atoms with Crippen molar-refractivity contribution >= 4 is 17.3 Å². The lowest BCUT2D eigenvalue weighted by atomic mass is 9.93. The summed E-state index contributed by atoms with van der Waals surface area (Å²) in [5.74, 6) is -0.163. The smallest absolute Gasteiger partial charge is 0.372 e. The van der Waals surface area contributed by atoms with Gasteiger partial charge in [-0.3, -0.25) is 4.90 Å². The van der Waals surface area contributed by atoms with Crippen LogP contribution in [0.2, 0.25) is 0 Å². The van der Waals surface area contributed by atoms with Crippen molar-refractivity contribution in [2.45, 2.75) is 51.0 Å². The fraction of sp³-hybridized carbons (Fsp3) is 0.393. The molecule has 4 aromatic rings. The summed E-state index contributed by atoms with van der Waals surface area (Å²) in [6, 6.07) is 11.9. The molecule has 1 unspecified atom stereocenters. The average Bonchev–Trinajstić information content (AvgIpc) is 3.49. The number of piperidine rings is 1. The van der Waals surface area contributed by atoms with Gasteiger partial charge >= 0.3 is 5.97 Å². The minimum atomic E-state index is -1.11. The van der Waals surface area contributed by atoms with Crippen LogP contribution in [-0.2, 0) is 24.4 Å². The van der Waals surface area contributed by atoms with Crippen molar-refractivity contribution in [3.8, 4) is 11.9 Å². The molecule has 0 bridgehead atoms. The van der Waals surface area contributed by atoms with Gasteiger partial charge in [0.05, 0.1) is 30.8 Å². The van der Waals surface area contributed by atoms with Crippen LogP contribution in [0, 0.1) is 17.1 Å². The van der Waals surface area contributed by atoms with E-state index < -0.39 is 11.8 Å². The number of aromatic amines is 1. The molecule has 1 atom stereocenters. The highest BCUT2D eigenvalue weighted by Gasteiger charge is 2.27. The zero-order valence-corrected chi connectivity index (χ0v) is 21.7. The number of nitrogens with zero attached hydrogens (tertiary/aromatic N) is 6. The molecule has 0 saturated carbocycles. The summed E-state index contributed by atoms with van der Waals surface area (Å²) in [6.07, 6.45) is 2.86. The highest BCUT2D eigenvalue weighted by molar-refractivity contribution is 5.87. The Labute approximate surface area is 229 Å². The summed E-state index contributed by atoms with van der Waals surface area (Å²) in [7, 11) is 0. The van der Waals surface area contributed by atoms with Crippen LogP contribution in [-0.4, -0.2) is 66.3 Å². The third-order valence-electron chi connectivity index (χ3n) is 7.53. The Morgan fingerprint density at radius 2 is 2.02 bits per heavy atom. The first-order chi connectivity index (χ1) is 19.5. The number of carbonyl (C=O) groups is 1. The zero-order chi connectivity index (χ0) is 27.6. The SMILES string of the molecule is N#Cc1ccc(COc2cccc(C3CCN(Cc4nc5[nH]c(C(=O)O)nc5n4CC4CCO4)CC3)n2)c(F)c1. The summed E-state index contributed by atoms with van der Waals surface area (Å²) < 4.78 is 27.6. The summed E-state index contributed by atoms with van der Waals surface area (Å²) in [6.45, 7) is 3.68. The van der Waals surface area contributed by atoms with Gasteiger partial charge in [0, 0.05) is 29.8 Å². The maximum absolute atomic E-state index is 14.2. The van der Waals surface area contributed by atoms with Gasteiger partial charge in [0.1, 0.15) is 18.2 Å². The van der Waals surface area contributed by atoms with E-state index in [1.165, 1.54) is 6.07 Å². The van der Waals surface area contributed by atoms with E-state index in [0.29, 0.717) is 35.8 Å². The molecule has 1 aromatic carbocycles. The molecular weight excluding hydrogens is 517 g/mol. The molecule has 2 aliphatic rings. The second kappa shape index (κ2) is 11.0. The van der Waals surface area contributed by atoms with Crippen LogP contribution in [0.15, 0.2) is 36.4 Å². The van der Waals surface area contributed by atoms with Crippen molar-refractivity contribution in [2.24, 2.45) is 0 Å². The lowest BCUT2D eigenvalue weighted by Gasteiger charge is -2.32. The number of nitrogens with one attached hydrogen (secondary N) is 1. The number of imidazole rings is 2. The Balaban J connectivity index is 1.08. The lowest BCUT2D eigenvalue weighted by Crippen LogP contribution is -2.35. The van der Waals surface area contributed by atoms with Crippen LogP contribution in [0.3, 0.4) is 0 Å². The second-order valence-corrected chi connectivity index (χ2v) is 10.1. The van der Waals surface area contributed by atoms with Gasteiger partial charge in [-0.25, -0.2) is 24.1 Å². The molecule has 0 aliphatic carbocycles. The molecule has 2 saturated heterocycles. The highest BCUT2D eigenvalue weighted by atomic mass is 19.1. The highest BCUT2D eigenvalue weighted by Crippen LogP contribution is 2.29. The normalized spacial score (nSPS) is 17.9. The molecule has 6 rings (SSSR count). The number of aromatic nitrogens is 5. The molecule has 5 heterocycles. The molecule has 2 aliphatic heterocycles. The van der Waals surface area contributed by atoms with Crippen LogP contribution in [0.5, 0.6) is 5.88 Å². The van der Waals surface area contributed by atoms with Gasteiger partial charge in [-0.05, 0) is 50.6 Å². The standard InChI is InChI=1S/C28H28FN7O4/c29-21-12-17(13-30)4-5-19(21)16-40-24-3-1-2-22(31-24)18-6-9-35(10-7-18)15-23-32-25-27(34-26(33-25)28(37)38)36(23)14-20-8-11-39-20/h1-5,12,18,20H,6-11,14-16H2,(H,33,34)(H,37,38).